The van der Waals surface area contributed by atoms with Gasteiger partial charge in [0.15, 0.2) is 0 Å². The maximum Gasteiger partial charge on any atom is 0.126 e. The molecule has 0 aliphatic carbocycles. The van der Waals surface area contributed by atoms with E-state index in [0.29, 0.717) is 0 Å². The second-order valence-corrected chi connectivity index (χ2v) is 11.1. The van der Waals surface area contributed by atoms with Crippen molar-refractivity contribution in [3.63, 3.8) is 0 Å². The molecule has 0 saturated heterocycles. The largest absolute Gasteiger partial charge is 0.487 e. The zero-order valence-corrected chi connectivity index (χ0v) is 21.1. The van der Waals surface area contributed by atoms with Gasteiger partial charge in [-0.15, -0.1) is 0 Å². The van der Waals surface area contributed by atoms with Gasteiger partial charge >= 0.3 is 0 Å². The first-order valence-electron chi connectivity index (χ1n) is 12.7. The molecule has 1 aromatic carbocycles. The van der Waals surface area contributed by atoms with E-state index in [1.165, 1.54) is 68.1 Å². The third-order valence-electron chi connectivity index (χ3n) is 7.42. The van der Waals surface area contributed by atoms with E-state index in [9.17, 15) is 0 Å². The number of benzene rings is 1. The van der Waals surface area contributed by atoms with Crippen molar-refractivity contribution >= 4 is 5.69 Å². The zero-order valence-electron chi connectivity index (χ0n) is 21.1. The Kier molecular flexibility index (Phi) is 9.57. The molecule has 0 radical (unpaired) electrons. The van der Waals surface area contributed by atoms with Crippen LogP contribution in [-0.4, -0.2) is 5.60 Å². The van der Waals surface area contributed by atoms with Crippen LogP contribution in [0.5, 0.6) is 5.75 Å². The van der Waals surface area contributed by atoms with Crippen molar-refractivity contribution in [2.75, 3.05) is 5.73 Å². The summed E-state index contributed by atoms with van der Waals surface area (Å²) in [6.45, 7) is 16.1. The summed E-state index contributed by atoms with van der Waals surface area (Å²) in [6, 6.07) is 2.08. The highest BCUT2D eigenvalue weighted by molar-refractivity contribution is 5.60. The van der Waals surface area contributed by atoms with Gasteiger partial charge in [-0.2, -0.15) is 0 Å². The predicted molar refractivity (Wildman–Crippen MR) is 132 cm³/mol. The van der Waals surface area contributed by atoms with Gasteiger partial charge in [-0.3, -0.25) is 0 Å². The van der Waals surface area contributed by atoms with Crippen LogP contribution in [0.3, 0.4) is 0 Å². The molecule has 0 amide bonds. The molecule has 3 atom stereocenters. The number of aryl methyl sites for hydroxylation is 1. The Hall–Kier alpha value is -1.18. The Morgan fingerprint density at radius 3 is 2.10 bits per heavy atom. The minimum atomic E-state index is -0.0229. The molecule has 2 N–H and O–H groups in total. The molecule has 0 spiro atoms. The first kappa shape index (κ1) is 25.1. The summed E-state index contributed by atoms with van der Waals surface area (Å²) < 4.78 is 6.58. The highest BCUT2D eigenvalue weighted by Crippen LogP contribution is 2.41. The molecule has 172 valence electrons. The number of hydrogen-bond donors (Lipinski definition) is 1. The van der Waals surface area contributed by atoms with Crippen LogP contribution in [0.4, 0.5) is 5.69 Å². The standard InChI is InChI=1S/C28H49NO/c1-20(2)11-8-12-21(3)13-9-14-22(4)15-10-17-28(7)18-16-25-24(6)26(29)19-23(5)27(25)30-28/h19-22H,8-18,29H2,1-7H3. The fourth-order valence-corrected chi connectivity index (χ4v) is 5.10. The normalized spacial score (nSPS) is 20.7. The lowest BCUT2D eigenvalue weighted by Crippen LogP contribution is -2.37. The highest BCUT2D eigenvalue weighted by atomic mass is 16.5. The van der Waals surface area contributed by atoms with E-state index in [0.717, 1.165) is 48.5 Å². The van der Waals surface area contributed by atoms with Crippen LogP contribution in [-0.2, 0) is 6.42 Å². The van der Waals surface area contributed by atoms with E-state index >= 15 is 0 Å². The molecule has 3 unspecified atom stereocenters. The van der Waals surface area contributed by atoms with Gasteiger partial charge in [-0.25, -0.2) is 0 Å². The number of nitrogen functional groups attached to an aromatic ring is 1. The van der Waals surface area contributed by atoms with Crippen LogP contribution < -0.4 is 10.5 Å². The molecular weight excluding hydrogens is 366 g/mol. The fourth-order valence-electron chi connectivity index (χ4n) is 5.10. The van der Waals surface area contributed by atoms with Crippen molar-refractivity contribution in [1.82, 2.24) is 0 Å². The summed E-state index contributed by atoms with van der Waals surface area (Å²) >= 11 is 0. The van der Waals surface area contributed by atoms with Gasteiger partial charge in [0.2, 0.25) is 0 Å². The number of nitrogens with two attached hydrogens (primary N) is 1. The van der Waals surface area contributed by atoms with Gasteiger partial charge < -0.3 is 10.5 Å². The Morgan fingerprint density at radius 2 is 1.50 bits per heavy atom. The molecule has 0 fully saturated rings. The summed E-state index contributed by atoms with van der Waals surface area (Å²) in [6.07, 6.45) is 14.3. The molecule has 1 aromatic rings. The van der Waals surface area contributed by atoms with Gasteiger partial charge in [-0.1, -0.05) is 72.6 Å². The number of ether oxygens (including phenoxy) is 1. The van der Waals surface area contributed by atoms with Crippen LogP contribution >= 0.6 is 0 Å². The summed E-state index contributed by atoms with van der Waals surface area (Å²) in [5.74, 6) is 3.68. The molecule has 1 aliphatic heterocycles. The van der Waals surface area contributed by atoms with Crippen LogP contribution in [0.25, 0.3) is 0 Å². The van der Waals surface area contributed by atoms with Crippen LogP contribution in [0.15, 0.2) is 6.07 Å². The number of fused-ring (bicyclic) bond motifs is 1. The molecule has 30 heavy (non-hydrogen) atoms. The number of hydrogen-bond acceptors (Lipinski definition) is 2. The highest BCUT2D eigenvalue weighted by Gasteiger charge is 2.33. The van der Waals surface area contributed by atoms with Gasteiger partial charge in [0.05, 0.1) is 0 Å². The first-order chi connectivity index (χ1) is 14.1. The van der Waals surface area contributed by atoms with Crippen molar-refractivity contribution in [2.45, 2.75) is 125 Å². The van der Waals surface area contributed by atoms with Crippen LogP contribution in [0, 0.1) is 31.6 Å². The number of rotatable bonds is 12. The van der Waals surface area contributed by atoms with Crippen molar-refractivity contribution < 1.29 is 4.74 Å². The average molecular weight is 416 g/mol. The Bertz CT molecular complexity index is 665. The van der Waals surface area contributed by atoms with Gasteiger partial charge in [0, 0.05) is 5.69 Å². The minimum Gasteiger partial charge on any atom is -0.487 e. The van der Waals surface area contributed by atoms with E-state index in [1.807, 2.05) is 0 Å². The van der Waals surface area contributed by atoms with Crippen molar-refractivity contribution in [1.29, 1.82) is 0 Å². The fraction of sp³-hybridized carbons (Fsp3) is 0.786. The molecule has 2 heteroatoms. The minimum absolute atomic E-state index is 0.0229. The van der Waals surface area contributed by atoms with Crippen LogP contribution in [0.2, 0.25) is 0 Å². The Balaban J connectivity index is 1.69. The monoisotopic (exact) mass is 415 g/mol. The Morgan fingerprint density at radius 1 is 0.933 bits per heavy atom. The topological polar surface area (TPSA) is 35.2 Å². The summed E-state index contributed by atoms with van der Waals surface area (Å²) in [5.41, 5.74) is 10.8. The summed E-state index contributed by atoms with van der Waals surface area (Å²) in [5, 5.41) is 0. The van der Waals surface area contributed by atoms with Crippen molar-refractivity contribution in [3.8, 4) is 5.75 Å². The predicted octanol–water partition coefficient (Wildman–Crippen LogP) is 8.41. The van der Waals surface area contributed by atoms with Gasteiger partial charge in [0.25, 0.3) is 0 Å². The lowest BCUT2D eigenvalue weighted by atomic mass is 9.84. The second kappa shape index (κ2) is 11.4. The molecule has 1 aliphatic rings. The SMILES string of the molecule is Cc1cc(N)c(C)c2c1OC(C)(CCCC(C)CCCC(C)CCCC(C)C)CC2. The van der Waals surface area contributed by atoms with E-state index in [4.69, 9.17) is 10.5 Å². The molecule has 1 heterocycles. The van der Waals surface area contributed by atoms with E-state index in [-0.39, 0.29) is 5.60 Å². The average Bonchev–Trinajstić information content (AvgIpc) is 2.66. The summed E-state index contributed by atoms with van der Waals surface area (Å²) in [4.78, 5) is 0. The third kappa shape index (κ3) is 7.50. The van der Waals surface area contributed by atoms with E-state index in [2.05, 4.69) is 54.5 Å². The lowest BCUT2D eigenvalue weighted by Gasteiger charge is -2.38. The Labute approximate surface area is 187 Å². The maximum atomic E-state index is 6.58. The van der Waals surface area contributed by atoms with Crippen LogP contribution in [0.1, 0.15) is 116 Å². The first-order valence-corrected chi connectivity index (χ1v) is 12.7. The van der Waals surface area contributed by atoms with Crippen molar-refractivity contribution in [2.24, 2.45) is 17.8 Å². The molecular formula is C28H49NO. The van der Waals surface area contributed by atoms with Gasteiger partial charge in [0.1, 0.15) is 11.4 Å². The van der Waals surface area contributed by atoms with E-state index in [1.54, 1.807) is 0 Å². The third-order valence-corrected chi connectivity index (χ3v) is 7.42. The molecule has 0 bridgehead atoms. The number of anilines is 1. The molecule has 0 aromatic heterocycles. The summed E-state index contributed by atoms with van der Waals surface area (Å²) in [7, 11) is 0. The van der Waals surface area contributed by atoms with E-state index < -0.39 is 0 Å². The maximum absolute atomic E-state index is 6.58. The molecule has 2 nitrogen and oxygen atoms in total. The quantitative estimate of drug-likeness (QED) is 0.348. The smallest absolute Gasteiger partial charge is 0.126 e. The second-order valence-electron chi connectivity index (χ2n) is 11.1. The lowest BCUT2D eigenvalue weighted by molar-refractivity contribution is 0.0515. The zero-order chi connectivity index (χ0) is 22.3. The molecule has 0 saturated carbocycles. The molecule has 2 rings (SSSR count). The van der Waals surface area contributed by atoms with Crippen molar-refractivity contribution in [3.05, 3.63) is 22.8 Å². The van der Waals surface area contributed by atoms with Gasteiger partial charge in [-0.05, 0) is 87.0 Å².